The number of carbonyl (C=O) groups is 3. The van der Waals surface area contributed by atoms with Crippen LogP contribution >= 0.6 is 11.6 Å². The summed E-state index contributed by atoms with van der Waals surface area (Å²) < 4.78 is 9.98. The van der Waals surface area contributed by atoms with Gasteiger partial charge < -0.3 is 9.84 Å². The summed E-state index contributed by atoms with van der Waals surface area (Å²) in [5, 5.41) is 10.3. The standard InChI is InChI=1S/C46H63ClN2O6/c1-26(2)36-31(50)24-46(38-27(3)39(52)49(48(38)11)29-14-12-28(47)13-15-29)23-22-44(9)30(37(36)46)16-17-33-43(8)20-19-34(55-35(51)25-41(4,5)40(53)54)42(6,7)32(43)18-21-45(33,44)10/h12-15,26,30,32-34H,16-25H2,1-11H3,(H,53,54)/t30-,32+,33-,34+,43+,44-,45-,46-/m1/s1. The second-order valence-corrected chi connectivity index (χ2v) is 21.0. The number of aromatic nitrogens is 2. The zero-order valence-corrected chi connectivity index (χ0v) is 35.8. The minimum Gasteiger partial charge on any atom is -0.481 e. The van der Waals surface area contributed by atoms with E-state index < -0.39 is 22.8 Å². The molecule has 1 aromatic carbocycles. The molecule has 1 N–H and O–H groups in total. The fraction of sp³-hybridized carbons (Fsp3) is 0.696. The minimum atomic E-state index is -1.18. The molecule has 300 valence electrons. The highest BCUT2D eigenvalue weighted by Crippen LogP contribution is 2.77. The number of nitrogens with zero attached hydrogens (tertiary/aromatic N) is 2. The van der Waals surface area contributed by atoms with Crippen molar-refractivity contribution in [1.29, 1.82) is 0 Å². The van der Waals surface area contributed by atoms with Crippen molar-refractivity contribution in [2.45, 2.75) is 145 Å². The van der Waals surface area contributed by atoms with Crippen molar-refractivity contribution in [3.05, 3.63) is 62.0 Å². The predicted octanol–water partition coefficient (Wildman–Crippen LogP) is 9.78. The Morgan fingerprint density at radius 3 is 2.20 bits per heavy atom. The number of hydrogen-bond acceptors (Lipinski definition) is 5. The van der Waals surface area contributed by atoms with E-state index in [0.717, 1.165) is 73.9 Å². The van der Waals surface area contributed by atoms with Gasteiger partial charge >= 0.3 is 11.9 Å². The summed E-state index contributed by atoms with van der Waals surface area (Å²) in [6.07, 6.45) is 7.73. The maximum absolute atomic E-state index is 14.4. The van der Waals surface area contributed by atoms with Crippen molar-refractivity contribution in [1.82, 2.24) is 9.36 Å². The number of ketones is 1. The number of fused-ring (bicyclic) bond motifs is 7. The molecule has 9 heteroatoms. The Labute approximate surface area is 332 Å². The molecule has 1 heterocycles. The lowest BCUT2D eigenvalue weighted by atomic mass is 9.33. The van der Waals surface area contributed by atoms with Gasteiger partial charge in [0, 0.05) is 34.9 Å². The van der Waals surface area contributed by atoms with E-state index in [1.54, 1.807) is 18.5 Å². The molecular weight excluding hydrogens is 712 g/mol. The van der Waals surface area contributed by atoms with E-state index in [0.29, 0.717) is 23.3 Å². The van der Waals surface area contributed by atoms with Crippen LogP contribution in [0.5, 0.6) is 0 Å². The Morgan fingerprint density at radius 1 is 0.927 bits per heavy atom. The van der Waals surface area contributed by atoms with Crippen LogP contribution in [0.4, 0.5) is 0 Å². The number of ether oxygens (including phenoxy) is 1. The zero-order chi connectivity index (χ0) is 40.4. The third kappa shape index (κ3) is 5.56. The summed E-state index contributed by atoms with van der Waals surface area (Å²) in [5.41, 5.74) is 2.78. The monoisotopic (exact) mass is 774 g/mol. The van der Waals surface area contributed by atoms with Crippen LogP contribution in [0.25, 0.3) is 5.69 Å². The van der Waals surface area contributed by atoms with E-state index in [1.807, 2.05) is 42.9 Å². The highest BCUT2D eigenvalue weighted by Gasteiger charge is 2.70. The van der Waals surface area contributed by atoms with Gasteiger partial charge in [0.25, 0.3) is 5.56 Å². The molecule has 8 nitrogen and oxygen atoms in total. The van der Waals surface area contributed by atoms with Crippen molar-refractivity contribution < 1.29 is 24.2 Å². The van der Waals surface area contributed by atoms with E-state index >= 15 is 0 Å². The Kier molecular flexibility index (Phi) is 9.43. The minimum absolute atomic E-state index is 0.0231. The number of allylic oxidation sites excluding steroid dienone is 2. The number of halogens is 1. The van der Waals surface area contributed by atoms with E-state index in [-0.39, 0.29) is 57.4 Å². The van der Waals surface area contributed by atoms with Gasteiger partial charge in [0.15, 0.2) is 5.78 Å². The molecule has 7 rings (SSSR count). The molecule has 0 aliphatic heterocycles. The number of Topliss-reactive ketones (excluding diaryl/α,β-unsaturated/α-hetero) is 1. The van der Waals surface area contributed by atoms with Gasteiger partial charge in [-0.15, -0.1) is 0 Å². The van der Waals surface area contributed by atoms with Gasteiger partial charge in [-0.2, -0.15) is 0 Å². The van der Waals surface area contributed by atoms with E-state index in [9.17, 15) is 24.3 Å². The van der Waals surface area contributed by atoms with E-state index in [1.165, 1.54) is 5.57 Å². The molecule has 5 aliphatic rings. The molecule has 1 aromatic heterocycles. The van der Waals surface area contributed by atoms with Gasteiger partial charge in [-0.25, -0.2) is 4.68 Å². The molecule has 0 spiro atoms. The summed E-state index contributed by atoms with van der Waals surface area (Å²) in [6.45, 7) is 21.6. The molecule has 4 fully saturated rings. The largest absolute Gasteiger partial charge is 0.481 e. The number of aliphatic carboxylic acids is 1. The maximum atomic E-state index is 14.4. The Balaban J connectivity index is 1.26. The zero-order valence-electron chi connectivity index (χ0n) is 35.0. The van der Waals surface area contributed by atoms with Crippen LogP contribution in [0.3, 0.4) is 0 Å². The van der Waals surface area contributed by atoms with Crippen LogP contribution in [0.1, 0.15) is 138 Å². The van der Waals surface area contributed by atoms with Crippen molar-refractivity contribution in [2.24, 2.45) is 57.8 Å². The molecule has 0 bridgehead atoms. The summed E-state index contributed by atoms with van der Waals surface area (Å²) >= 11 is 6.25. The lowest BCUT2D eigenvalue weighted by Gasteiger charge is -2.72. The van der Waals surface area contributed by atoms with Crippen LogP contribution in [-0.4, -0.2) is 38.3 Å². The normalized spacial score (nSPS) is 35.5. The number of carbonyl (C=O) groups excluding carboxylic acids is 2. The van der Waals surface area contributed by atoms with E-state index in [4.69, 9.17) is 16.3 Å². The van der Waals surface area contributed by atoms with E-state index in [2.05, 4.69) is 48.5 Å². The summed E-state index contributed by atoms with van der Waals surface area (Å²) in [4.78, 5) is 53.5. The predicted molar refractivity (Wildman–Crippen MR) is 215 cm³/mol. The molecule has 0 radical (unpaired) electrons. The smallest absolute Gasteiger partial charge is 0.309 e. The second-order valence-electron chi connectivity index (χ2n) is 20.6. The SMILES string of the molecule is Cc1c([C@@]23CC[C@]4(C)[C@H](CC[C@@H]5[C@@]6(C)CC[C@H](OC(=O)CC(C)(C)C(=O)O)C(C)(C)[C@@H]6CC[C@]54C)C2=C(C(C)C)C(=O)C3)n(C)n(-c2ccc(Cl)cc2)c1=O. The van der Waals surface area contributed by atoms with Crippen LogP contribution in [0.15, 0.2) is 40.2 Å². The number of rotatable bonds is 7. The van der Waals surface area contributed by atoms with Crippen molar-refractivity contribution in [2.75, 3.05) is 0 Å². The number of benzene rings is 1. The molecular formula is C46H63ClN2O6. The molecule has 5 aliphatic carbocycles. The van der Waals surface area contributed by atoms with Crippen molar-refractivity contribution >= 4 is 29.3 Å². The number of hydrogen-bond donors (Lipinski definition) is 1. The average molecular weight is 775 g/mol. The second kappa shape index (κ2) is 12.9. The first kappa shape index (κ1) is 40.1. The van der Waals surface area contributed by atoms with Crippen molar-refractivity contribution in [3.8, 4) is 5.69 Å². The summed E-state index contributed by atoms with van der Waals surface area (Å²) in [5.74, 6) is -0.0577. The van der Waals surface area contributed by atoms with Gasteiger partial charge in [-0.3, -0.25) is 23.9 Å². The average Bonchev–Trinajstić information content (AvgIpc) is 3.51. The lowest BCUT2D eigenvalue weighted by Crippen LogP contribution is -2.66. The van der Waals surface area contributed by atoms with Gasteiger partial charge in [0.05, 0.1) is 23.2 Å². The van der Waals surface area contributed by atoms with Gasteiger partial charge in [0.1, 0.15) is 6.10 Å². The molecule has 0 saturated heterocycles. The summed E-state index contributed by atoms with van der Waals surface area (Å²) in [7, 11) is 1.99. The van der Waals surface area contributed by atoms with Crippen LogP contribution in [-0.2, 0) is 31.6 Å². The Hall–Kier alpha value is -3.13. The molecule has 8 atom stereocenters. The first-order valence-electron chi connectivity index (χ1n) is 20.7. The molecule has 0 unspecified atom stereocenters. The lowest BCUT2D eigenvalue weighted by molar-refractivity contribution is -0.232. The third-order valence-electron chi connectivity index (χ3n) is 16.8. The van der Waals surface area contributed by atoms with Gasteiger partial charge in [-0.05, 0) is 147 Å². The van der Waals surface area contributed by atoms with Crippen molar-refractivity contribution in [3.63, 3.8) is 0 Å². The Bertz CT molecular complexity index is 2040. The quantitative estimate of drug-likeness (QED) is 0.281. The third-order valence-corrected chi connectivity index (χ3v) is 17.1. The fourth-order valence-electron chi connectivity index (χ4n) is 14.0. The maximum Gasteiger partial charge on any atom is 0.309 e. The van der Waals surface area contributed by atoms with Crippen LogP contribution in [0.2, 0.25) is 5.02 Å². The molecule has 55 heavy (non-hydrogen) atoms. The van der Waals surface area contributed by atoms with Gasteiger partial charge in [-0.1, -0.05) is 60.1 Å². The number of carboxylic acid groups (broad SMARTS) is 1. The first-order chi connectivity index (χ1) is 25.5. The molecule has 0 amide bonds. The Morgan fingerprint density at radius 2 is 1.58 bits per heavy atom. The number of carboxylic acids is 1. The molecule has 4 saturated carbocycles. The fourth-order valence-corrected chi connectivity index (χ4v) is 14.1. The highest BCUT2D eigenvalue weighted by molar-refractivity contribution is 6.30. The first-order valence-corrected chi connectivity index (χ1v) is 21.1. The molecule has 2 aromatic rings. The van der Waals surface area contributed by atoms with Crippen LogP contribution in [0, 0.1) is 57.7 Å². The van der Waals surface area contributed by atoms with Crippen LogP contribution < -0.4 is 5.56 Å². The van der Waals surface area contributed by atoms with Gasteiger partial charge in [0.2, 0.25) is 0 Å². The summed E-state index contributed by atoms with van der Waals surface area (Å²) in [6, 6.07) is 7.40. The number of esters is 1. The topological polar surface area (TPSA) is 108 Å². The highest BCUT2D eigenvalue weighted by atomic mass is 35.5.